The third-order valence-corrected chi connectivity index (χ3v) is 2.97. The van der Waals surface area contributed by atoms with Gasteiger partial charge in [0, 0.05) is 0 Å². The summed E-state index contributed by atoms with van der Waals surface area (Å²) in [4.78, 5) is 0. The lowest BCUT2D eigenvalue weighted by atomic mass is 9.99. The van der Waals surface area contributed by atoms with E-state index in [1.165, 1.54) is 12.1 Å². The van der Waals surface area contributed by atoms with Crippen molar-refractivity contribution in [2.75, 3.05) is 0 Å². The Morgan fingerprint density at radius 2 is 1.75 bits per heavy atom. The molecule has 2 aromatic rings. The maximum absolute atomic E-state index is 12.7. The lowest BCUT2D eigenvalue weighted by Crippen LogP contribution is -2.04. The molecule has 0 saturated heterocycles. The van der Waals surface area contributed by atoms with Gasteiger partial charge in [0.25, 0.3) is 0 Å². The fourth-order valence-electron chi connectivity index (χ4n) is 1.96. The van der Waals surface area contributed by atoms with E-state index in [0.29, 0.717) is 23.1 Å². The molecule has 4 heteroatoms. The molecule has 0 aromatic heterocycles. The van der Waals surface area contributed by atoms with Crippen molar-refractivity contribution >= 4 is 0 Å². The van der Waals surface area contributed by atoms with Crippen molar-refractivity contribution in [2.24, 2.45) is 0 Å². The first-order valence-electron chi connectivity index (χ1n) is 6.02. The molecule has 0 aliphatic carbocycles. The van der Waals surface area contributed by atoms with Gasteiger partial charge in [-0.05, 0) is 47.4 Å². The highest BCUT2D eigenvalue weighted by atomic mass is 19.4. The Bertz CT molecular complexity index is 630. The molecule has 0 fully saturated rings. The molecule has 0 radical (unpaired) electrons. The summed E-state index contributed by atoms with van der Waals surface area (Å²) in [5.74, 6) is 0.112. The minimum absolute atomic E-state index is 0.112. The monoisotopic (exact) mass is 278 g/mol. The lowest BCUT2D eigenvalue weighted by molar-refractivity contribution is -0.137. The van der Waals surface area contributed by atoms with E-state index in [0.717, 1.165) is 12.1 Å². The van der Waals surface area contributed by atoms with Crippen LogP contribution in [0.2, 0.25) is 0 Å². The molecule has 0 unspecified atom stereocenters. The Morgan fingerprint density at radius 1 is 1.05 bits per heavy atom. The fourth-order valence-corrected chi connectivity index (χ4v) is 1.96. The molecule has 0 saturated carbocycles. The van der Waals surface area contributed by atoms with Crippen LogP contribution in [0.1, 0.15) is 11.1 Å². The number of aromatic hydroxyl groups is 1. The van der Waals surface area contributed by atoms with E-state index in [2.05, 4.69) is 6.58 Å². The zero-order valence-corrected chi connectivity index (χ0v) is 10.6. The smallest absolute Gasteiger partial charge is 0.416 e. The molecule has 2 aromatic carbocycles. The summed E-state index contributed by atoms with van der Waals surface area (Å²) in [6, 6.07) is 9.87. The van der Waals surface area contributed by atoms with Crippen LogP contribution in [-0.2, 0) is 12.6 Å². The minimum atomic E-state index is -4.36. The van der Waals surface area contributed by atoms with Crippen molar-refractivity contribution in [3.05, 3.63) is 66.2 Å². The standard InChI is InChI=1S/C16H13F3O/c1-2-4-13-9-12(7-8-15(13)20)11-5-3-6-14(10-11)16(17,18)19/h2-3,5-10,20H,1,4H2. The second kappa shape index (κ2) is 5.41. The number of halogens is 3. The highest BCUT2D eigenvalue weighted by Crippen LogP contribution is 2.33. The summed E-state index contributed by atoms with van der Waals surface area (Å²) in [5, 5.41) is 9.67. The maximum atomic E-state index is 12.7. The van der Waals surface area contributed by atoms with Crippen molar-refractivity contribution in [3.63, 3.8) is 0 Å². The Labute approximate surface area is 115 Å². The van der Waals surface area contributed by atoms with E-state index in [1.54, 1.807) is 24.3 Å². The SMILES string of the molecule is C=CCc1cc(-c2cccc(C(F)(F)F)c2)ccc1O. The Hall–Kier alpha value is -2.23. The van der Waals surface area contributed by atoms with Crippen molar-refractivity contribution in [3.8, 4) is 16.9 Å². The van der Waals surface area contributed by atoms with Crippen LogP contribution in [0.5, 0.6) is 5.75 Å². The predicted molar refractivity (Wildman–Crippen MR) is 72.4 cm³/mol. The maximum Gasteiger partial charge on any atom is 0.416 e. The van der Waals surface area contributed by atoms with Gasteiger partial charge >= 0.3 is 6.18 Å². The minimum Gasteiger partial charge on any atom is -0.508 e. The van der Waals surface area contributed by atoms with E-state index < -0.39 is 11.7 Å². The van der Waals surface area contributed by atoms with Gasteiger partial charge in [-0.25, -0.2) is 0 Å². The second-order valence-corrected chi connectivity index (χ2v) is 4.41. The molecule has 20 heavy (non-hydrogen) atoms. The second-order valence-electron chi connectivity index (χ2n) is 4.41. The Balaban J connectivity index is 2.46. The van der Waals surface area contributed by atoms with Gasteiger partial charge in [-0.15, -0.1) is 6.58 Å². The molecule has 0 amide bonds. The van der Waals surface area contributed by atoms with Crippen molar-refractivity contribution in [1.29, 1.82) is 0 Å². The van der Waals surface area contributed by atoms with Crippen LogP contribution >= 0.6 is 0 Å². The lowest BCUT2D eigenvalue weighted by Gasteiger charge is -2.10. The van der Waals surface area contributed by atoms with E-state index in [1.807, 2.05) is 0 Å². The zero-order chi connectivity index (χ0) is 14.8. The molecular weight excluding hydrogens is 265 g/mol. The molecule has 0 heterocycles. The highest BCUT2D eigenvalue weighted by Gasteiger charge is 2.30. The normalized spacial score (nSPS) is 11.3. The van der Waals surface area contributed by atoms with Crippen LogP contribution in [0.4, 0.5) is 13.2 Å². The number of rotatable bonds is 3. The number of alkyl halides is 3. The fraction of sp³-hybridized carbons (Fsp3) is 0.125. The van der Waals surface area contributed by atoms with Crippen molar-refractivity contribution in [2.45, 2.75) is 12.6 Å². The van der Waals surface area contributed by atoms with E-state index >= 15 is 0 Å². The van der Waals surface area contributed by atoms with Crippen molar-refractivity contribution in [1.82, 2.24) is 0 Å². The quantitative estimate of drug-likeness (QED) is 0.799. The molecule has 0 spiro atoms. The van der Waals surface area contributed by atoms with Gasteiger partial charge in [-0.1, -0.05) is 24.3 Å². The molecule has 0 atom stereocenters. The number of allylic oxidation sites excluding steroid dienone is 1. The molecule has 0 aliphatic rings. The highest BCUT2D eigenvalue weighted by molar-refractivity contribution is 5.66. The van der Waals surface area contributed by atoms with Crippen LogP contribution in [0.3, 0.4) is 0 Å². The van der Waals surface area contributed by atoms with Crippen LogP contribution in [0, 0.1) is 0 Å². The van der Waals surface area contributed by atoms with Crippen LogP contribution in [0.15, 0.2) is 55.1 Å². The third kappa shape index (κ3) is 3.02. The van der Waals surface area contributed by atoms with E-state index in [-0.39, 0.29) is 5.75 Å². The first kappa shape index (κ1) is 14.2. The van der Waals surface area contributed by atoms with Gasteiger partial charge < -0.3 is 5.11 Å². The summed E-state index contributed by atoms with van der Waals surface area (Å²) in [6.45, 7) is 3.59. The van der Waals surface area contributed by atoms with Gasteiger partial charge in [-0.3, -0.25) is 0 Å². The number of phenols is 1. The van der Waals surface area contributed by atoms with Gasteiger partial charge in [0.05, 0.1) is 5.56 Å². The van der Waals surface area contributed by atoms with E-state index in [9.17, 15) is 18.3 Å². The predicted octanol–water partition coefficient (Wildman–Crippen LogP) is 4.81. The summed E-state index contributed by atoms with van der Waals surface area (Å²) in [6.07, 6.45) is -2.28. The zero-order valence-electron chi connectivity index (χ0n) is 10.6. The summed E-state index contributed by atoms with van der Waals surface area (Å²) < 4.78 is 38.1. The van der Waals surface area contributed by atoms with Crippen LogP contribution < -0.4 is 0 Å². The summed E-state index contributed by atoms with van der Waals surface area (Å²) in [7, 11) is 0. The average Bonchev–Trinajstić information content (AvgIpc) is 2.41. The molecular formula is C16H13F3O. The molecule has 2 rings (SSSR count). The topological polar surface area (TPSA) is 20.2 Å². The Morgan fingerprint density at radius 3 is 2.40 bits per heavy atom. The average molecular weight is 278 g/mol. The number of hydrogen-bond acceptors (Lipinski definition) is 1. The third-order valence-electron chi connectivity index (χ3n) is 2.97. The van der Waals surface area contributed by atoms with Crippen molar-refractivity contribution < 1.29 is 18.3 Å². The largest absolute Gasteiger partial charge is 0.508 e. The molecule has 1 N–H and O–H groups in total. The first-order valence-corrected chi connectivity index (χ1v) is 6.02. The molecule has 0 aliphatic heterocycles. The number of hydrogen-bond donors (Lipinski definition) is 1. The molecule has 104 valence electrons. The number of benzene rings is 2. The van der Waals surface area contributed by atoms with Gasteiger partial charge in [0.15, 0.2) is 0 Å². The van der Waals surface area contributed by atoms with Gasteiger partial charge in [0.1, 0.15) is 5.75 Å². The molecule has 0 bridgehead atoms. The van der Waals surface area contributed by atoms with Gasteiger partial charge in [0.2, 0.25) is 0 Å². The van der Waals surface area contributed by atoms with E-state index in [4.69, 9.17) is 0 Å². The van der Waals surface area contributed by atoms with Crippen LogP contribution in [0.25, 0.3) is 11.1 Å². The van der Waals surface area contributed by atoms with Gasteiger partial charge in [-0.2, -0.15) is 13.2 Å². The Kier molecular flexibility index (Phi) is 3.84. The molecule has 1 nitrogen and oxygen atoms in total. The summed E-state index contributed by atoms with van der Waals surface area (Å²) in [5.41, 5.74) is 1.04. The first-order chi connectivity index (χ1) is 9.41. The van der Waals surface area contributed by atoms with Crippen LogP contribution in [-0.4, -0.2) is 5.11 Å². The summed E-state index contributed by atoms with van der Waals surface area (Å²) >= 11 is 0. The number of phenolic OH excluding ortho intramolecular Hbond substituents is 1.